The topological polar surface area (TPSA) is 43.8 Å². The minimum Gasteiger partial charge on any atom is -0.369 e. The summed E-state index contributed by atoms with van der Waals surface area (Å²) in [4.78, 5) is 3.80. The molecule has 0 saturated carbocycles. The van der Waals surface area contributed by atoms with Crippen LogP contribution in [0.3, 0.4) is 0 Å². The van der Waals surface area contributed by atoms with Crippen molar-refractivity contribution in [1.82, 2.24) is 9.55 Å². The van der Waals surface area contributed by atoms with Crippen molar-refractivity contribution in [3.63, 3.8) is 0 Å². The first-order valence-corrected chi connectivity index (χ1v) is 5.98. The number of halogens is 4. The molecule has 0 amide bonds. The summed E-state index contributed by atoms with van der Waals surface area (Å²) in [6.07, 6.45) is 0. The molecule has 0 saturated heterocycles. The third kappa shape index (κ3) is 2.69. The lowest BCUT2D eigenvalue weighted by atomic mass is 10.3. The van der Waals surface area contributed by atoms with Crippen molar-refractivity contribution in [2.24, 2.45) is 0 Å². The second-order valence-corrected chi connectivity index (χ2v) is 4.68. The molecular weight excluding hydrogens is 270 g/mol. The first kappa shape index (κ1) is 13.0. The van der Waals surface area contributed by atoms with Gasteiger partial charge in [-0.25, -0.2) is 9.37 Å². The molecule has 0 fully saturated rings. The van der Waals surface area contributed by atoms with Crippen LogP contribution in [0.2, 0.25) is 0 Å². The van der Waals surface area contributed by atoms with Crippen LogP contribution in [0.4, 0.5) is 23.5 Å². The van der Waals surface area contributed by atoms with Crippen LogP contribution in [0.15, 0.2) is 18.2 Å². The van der Waals surface area contributed by atoms with E-state index in [2.05, 4.69) is 4.98 Å². The van der Waals surface area contributed by atoms with Gasteiger partial charge in [0.1, 0.15) is 5.52 Å². The van der Waals surface area contributed by atoms with Crippen molar-refractivity contribution in [3.05, 3.63) is 24.0 Å². The Hall–Kier alpha value is -1.44. The molecule has 0 aliphatic rings. The molecule has 0 spiro atoms. The zero-order valence-electron chi connectivity index (χ0n) is 9.04. The quantitative estimate of drug-likeness (QED) is 0.878. The Bertz CT molecular complexity index is 564. The summed E-state index contributed by atoms with van der Waals surface area (Å²) in [7, 11) is 0. The van der Waals surface area contributed by atoms with Crippen LogP contribution in [0.5, 0.6) is 0 Å². The van der Waals surface area contributed by atoms with Gasteiger partial charge in [-0.05, 0) is 23.9 Å². The van der Waals surface area contributed by atoms with Gasteiger partial charge in [-0.2, -0.15) is 13.2 Å². The van der Waals surface area contributed by atoms with Crippen LogP contribution in [-0.4, -0.2) is 20.8 Å². The van der Waals surface area contributed by atoms with Crippen molar-refractivity contribution >= 4 is 28.7 Å². The van der Waals surface area contributed by atoms with E-state index in [0.717, 1.165) is 0 Å². The largest absolute Gasteiger partial charge is 0.441 e. The lowest BCUT2D eigenvalue weighted by Gasteiger charge is -2.08. The average Bonchev–Trinajstić information content (AvgIpc) is 2.56. The highest BCUT2D eigenvalue weighted by Gasteiger charge is 2.27. The molecule has 2 rings (SSSR count). The van der Waals surface area contributed by atoms with Crippen LogP contribution in [0.1, 0.15) is 0 Å². The van der Waals surface area contributed by atoms with Gasteiger partial charge in [-0.1, -0.05) is 6.07 Å². The van der Waals surface area contributed by atoms with Gasteiger partial charge in [-0.15, -0.1) is 0 Å². The minimum atomic E-state index is -4.28. The van der Waals surface area contributed by atoms with E-state index in [9.17, 15) is 17.6 Å². The first-order chi connectivity index (χ1) is 8.38. The Morgan fingerprint density at radius 3 is 2.72 bits per heavy atom. The Morgan fingerprint density at radius 2 is 2.06 bits per heavy atom. The first-order valence-electron chi connectivity index (χ1n) is 4.99. The number of hydrogen-bond donors (Lipinski definition) is 1. The van der Waals surface area contributed by atoms with Crippen molar-refractivity contribution in [3.8, 4) is 0 Å². The van der Waals surface area contributed by atoms with Crippen LogP contribution in [0, 0.1) is 5.82 Å². The smallest absolute Gasteiger partial charge is 0.369 e. The maximum atomic E-state index is 13.4. The van der Waals surface area contributed by atoms with E-state index < -0.39 is 11.3 Å². The zero-order chi connectivity index (χ0) is 13.3. The van der Waals surface area contributed by atoms with Crippen LogP contribution in [0.25, 0.3) is 11.0 Å². The summed E-state index contributed by atoms with van der Waals surface area (Å²) in [5.41, 5.74) is 1.76. The summed E-state index contributed by atoms with van der Waals surface area (Å²) < 4.78 is 50.8. The van der Waals surface area contributed by atoms with Crippen LogP contribution < -0.4 is 5.73 Å². The highest BCUT2D eigenvalue weighted by Crippen LogP contribution is 2.30. The summed E-state index contributed by atoms with van der Waals surface area (Å²) >= 11 is -0.145. The fourth-order valence-corrected chi connectivity index (χ4v) is 2.12. The van der Waals surface area contributed by atoms with Gasteiger partial charge in [0.2, 0.25) is 5.95 Å². The van der Waals surface area contributed by atoms with E-state index in [-0.39, 0.29) is 35.5 Å². The number of alkyl halides is 3. The molecule has 0 unspecified atom stereocenters. The molecule has 1 heterocycles. The maximum absolute atomic E-state index is 13.4. The van der Waals surface area contributed by atoms with Crippen molar-refractivity contribution < 1.29 is 17.6 Å². The van der Waals surface area contributed by atoms with E-state index in [1.807, 2.05) is 0 Å². The second-order valence-electron chi connectivity index (χ2n) is 3.52. The predicted octanol–water partition coefficient (Wildman–Crippen LogP) is 3.01. The van der Waals surface area contributed by atoms with Gasteiger partial charge in [0.25, 0.3) is 0 Å². The summed E-state index contributed by atoms with van der Waals surface area (Å²) in [5.74, 6) is -0.727. The van der Waals surface area contributed by atoms with Gasteiger partial charge in [0, 0.05) is 12.3 Å². The minimum absolute atomic E-state index is 0.0119. The van der Waals surface area contributed by atoms with Crippen molar-refractivity contribution in [1.29, 1.82) is 0 Å². The predicted molar refractivity (Wildman–Crippen MR) is 62.6 cm³/mol. The van der Waals surface area contributed by atoms with Crippen molar-refractivity contribution in [2.75, 3.05) is 11.5 Å². The Balaban J connectivity index is 2.23. The number of aryl methyl sites for hydroxylation is 1. The molecule has 8 heteroatoms. The molecule has 2 N–H and O–H groups in total. The Morgan fingerprint density at radius 1 is 1.33 bits per heavy atom. The van der Waals surface area contributed by atoms with E-state index >= 15 is 0 Å². The Kier molecular flexibility index (Phi) is 3.38. The van der Waals surface area contributed by atoms with E-state index in [4.69, 9.17) is 5.73 Å². The molecule has 98 valence electrons. The molecule has 2 aromatic rings. The fraction of sp³-hybridized carbons (Fsp3) is 0.300. The maximum Gasteiger partial charge on any atom is 0.441 e. The van der Waals surface area contributed by atoms with E-state index in [1.54, 1.807) is 6.07 Å². The third-order valence-corrected chi connectivity index (χ3v) is 3.05. The number of imidazole rings is 1. The lowest BCUT2D eigenvalue weighted by molar-refractivity contribution is -0.0328. The second kappa shape index (κ2) is 4.68. The standard InChI is InChI=1S/C10H9F4N3S/c11-6-2-1-3-7-8(6)16-9(15)17(7)4-5-18-10(12,13)14/h1-3H,4-5H2,(H2,15,16). The SMILES string of the molecule is Nc1nc2c(F)cccc2n1CCSC(F)(F)F. The number of aromatic nitrogens is 2. The van der Waals surface area contributed by atoms with Crippen LogP contribution in [-0.2, 0) is 6.54 Å². The third-order valence-electron chi connectivity index (χ3n) is 2.34. The normalized spacial score (nSPS) is 12.2. The molecular formula is C10H9F4N3S. The van der Waals surface area contributed by atoms with Crippen molar-refractivity contribution in [2.45, 2.75) is 12.1 Å². The Labute approximate surface area is 104 Å². The van der Waals surface area contributed by atoms with Crippen LogP contribution >= 0.6 is 11.8 Å². The molecule has 0 bridgehead atoms. The van der Waals surface area contributed by atoms with E-state index in [1.165, 1.54) is 16.7 Å². The van der Waals surface area contributed by atoms with Gasteiger partial charge < -0.3 is 10.3 Å². The molecule has 0 radical (unpaired) electrons. The fourth-order valence-electron chi connectivity index (χ4n) is 1.62. The highest BCUT2D eigenvalue weighted by atomic mass is 32.2. The number of fused-ring (bicyclic) bond motifs is 1. The highest BCUT2D eigenvalue weighted by molar-refractivity contribution is 8.00. The van der Waals surface area contributed by atoms with Gasteiger partial charge in [-0.3, -0.25) is 0 Å². The molecule has 0 atom stereocenters. The van der Waals surface area contributed by atoms with E-state index in [0.29, 0.717) is 5.52 Å². The summed E-state index contributed by atoms with van der Waals surface area (Å²) in [6.45, 7) is 0.0238. The number of para-hydroxylation sites is 1. The molecule has 0 aliphatic heterocycles. The van der Waals surface area contributed by atoms with Gasteiger partial charge in [0.05, 0.1) is 5.52 Å². The molecule has 18 heavy (non-hydrogen) atoms. The molecule has 0 aliphatic carbocycles. The number of hydrogen-bond acceptors (Lipinski definition) is 3. The molecule has 1 aromatic carbocycles. The average molecular weight is 279 g/mol. The monoisotopic (exact) mass is 279 g/mol. The number of nitrogen functional groups attached to an aromatic ring is 1. The number of rotatable bonds is 3. The summed E-state index contributed by atoms with van der Waals surface area (Å²) in [5, 5.41) is 0. The number of nitrogens with two attached hydrogens (primary N) is 1. The van der Waals surface area contributed by atoms with Gasteiger partial charge >= 0.3 is 5.51 Å². The summed E-state index contributed by atoms with van der Waals surface area (Å²) in [6, 6.07) is 4.26. The molecule has 3 nitrogen and oxygen atoms in total. The zero-order valence-corrected chi connectivity index (χ0v) is 9.85. The molecule has 1 aromatic heterocycles. The number of benzene rings is 1. The number of thioether (sulfide) groups is 1. The number of anilines is 1. The number of nitrogens with zero attached hydrogens (tertiary/aromatic N) is 2. The van der Waals surface area contributed by atoms with Gasteiger partial charge in [0.15, 0.2) is 5.82 Å². The lowest BCUT2D eigenvalue weighted by Crippen LogP contribution is -2.09.